The summed E-state index contributed by atoms with van der Waals surface area (Å²) in [6, 6.07) is 0. The summed E-state index contributed by atoms with van der Waals surface area (Å²) in [5.74, 6) is -0.0563. The third-order valence-electron chi connectivity index (χ3n) is 3.05. The number of hydrogen-bond acceptors (Lipinski definition) is 3. The van der Waals surface area contributed by atoms with E-state index >= 15 is 0 Å². The molecule has 0 unspecified atom stereocenters. The van der Waals surface area contributed by atoms with Gasteiger partial charge in [0.1, 0.15) is 0 Å². The molecule has 0 bridgehead atoms. The second-order valence-corrected chi connectivity index (χ2v) is 4.31. The second kappa shape index (κ2) is 2.22. The molecule has 2 saturated carbocycles. The van der Waals surface area contributed by atoms with E-state index in [2.05, 4.69) is 0 Å². The zero-order valence-corrected chi connectivity index (χ0v) is 7.43. The average Bonchev–Trinajstić information content (AvgIpc) is 2.92. The first-order valence-electron chi connectivity index (χ1n) is 4.48. The lowest BCUT2D eigenvalue weighted by Crippen LogP contribution is -2.30. The molecule has 2 aliphatic rings. The average molecular weight is 169 g/mol. The number of rotatable bonds is 3. The summed E-state index contributed by atoms with van der Waals surface area (Å²) in [4.78, 5) is 11.3. The standard InChI is InChI=1S/C9H15NO2/c1-12-7(11)8(2-3-8)6-9(10)4-5-9/h2-6,10H2,1H3. The van der Waals surface area contributed by atoms with E-state index in [1.165, 1.54) is 7.11 Å². The normalized spacial score (nSPS) is 27.8. The highest BCUT2D eigenvalue weighted by molar-refractivity contribution is 5.79. The van der Waals surface area contributed by atoms with E-state index in [9.17, 15) is 4.79 Å². The van der Waals surface area contributed by atoms with Crippen LogP contribution in [0.1, 0.15) is 32.1 Å². The minimum Gasteiger partial charge on any atom is -0.469 e. The van der Waals surface area contributed by atoms with Crippen LogP contribution >= 0.6 is 0 Å². The highest BCUT2D eigenvalue weighted by Crippen LogP contribution is 2.56. The van der Waals surface area contributed by atoms with E-state index in [0.717, 1.165) is 32.1 Å². The van der Waals surface area contributed by atoms with Crippen LogP contribution in [0.25, 0.3) is 0 Å². The molecule has 0 radical (unpaired) electrons. The van der Waals surface area contributed by atoms with Gasteiger partial charge in [-0.2, -0.15) is 0 Å². The van der Waals surface area contributed by atoms with Gasteiger partial charge in [-0.25, -0.2) is 0 Å². The highest BCUT2D eigenvalue weighted by Gasteiger charge is 2.57. The second-order valence-electron chi connectivity index (χ2n) is 4.31. The lowest BCUT2D eigenvalue weighted by Gasteiger charge is -2.16. The molecule has 0 saturated heterocycles. The van der Waals surface area contributed by atoms with Crippen LogP contribution in [0.4, 0.5) is 0 Å². The topological polar surface area (TPSA) is 52.3 Å². The third-order valence-corrected chi connectivity index (χ3v) is 3.05. The highest BCUT2D eigenvalue weighted by atomic mass is 16.5. The number of carbonyl (C=O) groups is 1. The Hall–Kier alpha value is -0.570. The molecule has 0 aromatic heterocycles. The summed E-state index contributed by atoms with van der Waals surface area (Å²) >= 11 is 0. The van der Waals surface area contributed by atoms with Crippen LogP contribution < -0.4 is 5.73 Å². The van der Waals surface area contributed by atoms with Crippen molar-refractivity contribution in [3.63, 3.8) is 0 Å². The van der Waals surface area contributed by atoms with Gasteiger partial charge in [0.25, 0.3) is 0 Å². The Labute approximate surface area is 72.3 Å². The van der Waals surface area contributed by atoms with Gasteiger partial charge in [-0.15, -0.1) is 0 Å². The Bertz CT molecular complexity index is 217. The Morgan fingerprint density at radius 1 is 1.42 bits per heavy atom. The summed E-state index contributed by atoms with van der Waals surface area (Å²) < 4.78 is 4.76. The van der Waals surface area contributed by atoms with Crippen molar-refractivity contribution in [2.75, 3.05) is 7.11 Å². The number of ether oxygens (including phenoxy) is 1. The van der Waals surface area contributed by atoms with E-state index in [-0.39, 0.29) is 16.9 Å². The van der Waals surface area contributed by atoms with Crippen molar-refractivity contribution in [2.45, 2.75) is 37.6 Å². The van der Waals surface area contributed by atoms with Gasteiger partial charge in [-0.1, -0.05) is 0 Å². The molecule has 0 amide bonds. The fourth-order valence-corrected chi connectivity index (χ4v) is 1.83. The number of hydrogen-bond donors (Lipinski definition) is 1. The van der Waals surface area contributed by atoms with Crippen LogP contribution in [-0.4, -0.2) is 18.6 Å². The maximum atomic E-state index is 11.3. The van der Waals surface area contributed by atoms with Gasteiger partial charge in [-0.05, 0) is 32.1 Å². The van der Waals surface area contributed by atoms with Crippen molar-refractivity contribution >= 4 is 5.97 Å². The van der Waals surface area contributed by atoms with E-state index in [1.807, 2.05) is 0 Å². The first kappa shape index (κ1) is 8.05. The van der Waals surface area contributed by atoms with Crippen LogP contribution in [-0.2, 0) is 9.53 Å². The molecule has 0 atom stereocenters. The van der Waals surface area contributed by atoms with Crippen molar-refractivity contribution in [1.82, 2.24) is 0 Å². The third kappa shape index (κ3) is 1.22. The molecule has 12 heavy (non-hydrogen) atoms. The molecule has 0 spiro atoms. The molecule has 3 heteroatoms. The predicted molar refractivity (Wildman–Crippen MR) is 44.5 cm³/mol. The van der Waals surface area contributed by atoms with E-state index in [0.29, 0.717) is 0 Å². The summed E-state index contributed by atoms with van der Waals surface area (Å²) in [5.41, 5.74) is 5.75. The molecule has 0 aromatic rings. The number of nitrogens with two attached hydrogens (primary N) is 1. The largest absolute Gasteiger partial charge is 0.469 e. The van der Waals surface area contributed by atoms with E-state index < -0.39 is 0 Å². The van der Waals surface area contributed by atoms with Crippen molar-refractivity contribution in [2.24, 2.45) is 11.1 Å². The maximum absolute atomic E-state index is 11.3. The first-order chi connectivity index (χ1) is 5.60. The Kier molecular flexibility index (Phi) is 1.49. The zero-order valence-electron chi connectivity index (χ0n) is 7.43. The Balaban J connectivity index is 1.97. The summed E-state index contributed by atoms with van der Waals surface area (Å²) in [5, 5.41) is 0. The summed E-state index contributed by atoms with van der Waals surface area (Å²) in [6.45, 7) is 0. The molecular formula is C9H15NO2. The lowest BCUT2D eigenvalue weighted by molar-refractivity contribution is -0.147. The fourth-order valence-electron chi connectivity index (χ4n) is 1.83. The fraction of sp³-hybridized carbons (Fsp3) is 0.889. The minimum absolute atomic E-state index is 0.0231. The van der Waals surface area contributed by atoms with Crippen LogP contribution in [0.15, 0.2) is 0 Å². The number of methoxy groups -OCH3 is 1. The van der Waals surface area contributed by atoms with Gasteiger partial charge in [-0.3, -0.25) is 4.79 Å². The number of carbonyl (C=O) groups excluding carboxylic acids is 1. The lowest BCUT2D eigenvalue weighted by atomic mass is 9.96. The van der Waals surface area contributed by atoms with Gasteiger partial charge in [0.05, 0.1) is 12.5 Å². The van der Waals surface area contributed by atoms with Crippen LogP contribution in [0.5, 0.6) is 0 Å². The molecule has 2 rings (SSSR count). The van der Waals surface area contributed by atoms with E-state index in [1.54, 1.807) is 0 Å². The van der Waals surface area contributed by atoms with Gasteiger partial charge < -0.3 is 10.5 Å². The zero-order chi connectivity index (χ0) is 8.82. The molecule has 2 aliphatic carbocycles. The van der Waals surface area contributed by atoms with Crippen molar-refractivity contribution in [1.29, 1.82) is 0 Å². The molecule has 0 aliphatic heterocycles. The van der Waals surface area contributed by atoms with Crippen molar-refractivity contribution in [3.8, 4) is 0 Å². The minimum atomic E-state index is -0.181. The Morgan fingerprint density at radius 2 is 2.00 bits per heavy atom. The molecule has 68 valence electrons. The predicted octanol–water partition coefficient (Wildman–Crippen LogP) is 0.821. The van der Waals surface area contributed by atoms with Crippen LogP contribution in [0.3, 0.4) is 0 Å². The molecule has 2 N–H and O–H groups in total. The van der Waals surface area contributed by atoms with Crippen LogP contribution in [0, 0.1) is 5.41 Å². The SMILES string of the molecule is COC(=O)C1(CC2(N)CC2)CC1. The molecule has 0 heterocycles. The molecule has 3 nitrogen and oxygen atoms in total. The van der Waals surface area contributed by atoms with Gasteiger partial charge in [0.2, 0.25) is 0 Å². The Morgan fingerprint density at radius 3 is 2.33 bits per heavy atom. The van der Waals surface area contributed by atoms with Gasteiger partial charge in [0, 0.05) is 5.54 Å². The quantitative estimate of drug-likeness (QED) is 0.636. The van der Waals surface area contributed by atoms with E-state index in [4.69, 9.17) is 10.5 Å². The van der Waals surface area contributed by atoms with Crippen LogP contribution in [0.2, 0.25) is 0 Å². The smallest absolute Gasteiger partial charge is 0.311 e. The summed E-state index contributed by atoms with van der Waals surface area (Å²) in [7, 11) is 1.46. The van der Waals surface area contributed by atoms with Crippen molar-refractivity contribution < 1.29 is 9.53 Å². The summed E-state index contributed by atoms with van der Waals surface area (Å²) in [6.07, 6.45) is 4.93. The maximum Gasteiger partial charge on any atom is 0.311 e. The van der Waals surface area contributed by atoms with Gasteiger partial charge in [0.15, 0.2) is 0 Å². The first-order valence-corrected chi connectivity index (χ1v) is 4.48. The number of esters is 1. The molecular weight excluding hydrogens is 154 g/mol. The monoisotopic (exact) mass is 169 g/mol. The van der Waals surface area contributed by atoms with Crippen molar-refractivity contribution in [3.05, 3.63) is 0 Å². The molecule has 0 aromatic carbocycles. The molecule has 2 fully saturated rings. The van der Waals surface area contributed by atoms with Gasteiger partial charge >= 0.3 is 5.97 Å².